The van der Waals surface area contributed by atoms with Crippen LogP contribution in [0.2, 0.25) is 0 Å². The van der Waals surface area contributed by atoms with E-state index in [-0.39, 0.29) is 24.9 Å². The Balaban J connectivity index is 1.38. The molecule has 4 rings (SSSR count). The number of hydrogen-bond donors (Lipinski definition) is 0. The lowest BCUT2D eigenvalue weighted by Gasteiger charge is -2.33. The SMILES string of the molecule is O=C(C1CCN(S(=O)(=O)c2ccccc2C(F)(F)F)CC1)N1CCC(N2CCCC2)C1. The molecule has 0 aromatic heterocycles. The van der Waals surface area contributed by atoms with Crippen molar-refractivity contribution in [1.29, 1.82) is 0 Å². The van der Waals surface area contributed by atoms with Gasteiger partial charge in [0.1, 0.15) is 0 Å². The lowest BCUT2D eigenvalue weighted by Crippen LogP contribution is -2.45. The van der Waals surface area contributed by atoms with Gasteiger partial charge in [-0.25, -0.2) is 8.42 Å². The number of alkyl halides is 3. The Morgan fingerprint density at radius 3 is 2.23 bits per heavy atom. The average molecular weight is 460 g/mol. The zero-order valence-electron chi connectivity index (χ0n) is 17.4. The first-order valence-electron chi connectivity index (χ1n) is 10.9. The second-order valence-electron chi connectivity index (χ2n) is 8.64. The molecule has 1 unspecified atom stereocenters. The van der Waals surface area contributed by atoms with Crippen LogP contribution in [0.4, 0.5) is 13.2 Å². The van der Waals surface area contributed by atoms with Crippen molar-refractivity contribution in [3.8, 4) is 0 Å². The summed E-state index contributed by atoms with van der Waals surface area (Å²) in [6.07, 6.45) is -0.718. The van der Waals surface area contributed by atoms with Gasteiger partial charge in [-0.2, -0.15) is 17.5 Å². The van der Waals surface area contributed by atoms with Crippen LogP contribution >= 0.6 is 0 Å². The van der Waals surface area contributed by atoms with Crippen molar-refractivity contribution in [2.75, 3.05) is 39.3 Å². The summed E-state index contributed by atoms with van der Waals surface area (Å²) in [4.78, 5) is 16.6. The van der Waals surface area contributed by atoms with E-state index in [1.807, 2.05) is 4.90 Å². The molecule has 31 heavy (non-hydrogen) atoms. The van der Waals surface area contributed by atoms with Crippen LogP contribution in [0.5, 0.6) is 0 Å². The number of carbonyl (C=O) groups is 1. The zero-order valence-corrected chi connectivity index (χ0v) is 18.2. The maximum Gasteiger partial charge on any atom is 0.417 e. The van der Waals surface area contributed by atoms with Crippen LogP contribution in [0.15, 0.2) is 29.2 Å². The van der Waals surface area contributed by atoms with E-state index in [9.17, 15) is 26.4 Å². The minimum absolute atomic E-state index is 0.0499. The van der Waals surface area contributed by atoms with Crippen LogP contribution in [0.3, 0.4) is 0 Å². The maximum absolute atomic E-state index is 13.3. The Hall–Kier alpha value is -1.65. The number of nitrogens with zero attached hydrogens (tertiary/aromatic N) is 3. The molecule has 0 radical (unpaired) electrons. The van der Waals surface area contributed by atoms with Crippen molar-refractivity contribution in [2.24, 2.45) is 5.92 Å². The smallest absolute Gasteiger partial charge is 0.341 e. The summed E-state index contributed by atoms with van der Waals surface area (Å²) in [5, 5.41) is 0. The molecule has 0 bridgehead atoms. The summed E-state index contributed by atoms with van der Waals surface area (Å²) < 4.78 is 66.8. The van der Waals surface area contributed by atoms with Crippen molar-refractivity contribution in [1.82, 2.24) is 14.1 Å². The van der Waals surface area contributed by atoms with Gasteiger partial charge in [0.2, 0.25) is 15.9 Å². The Morgan fingerprint density at radius 1 is 0.935 bits per heavy atom. The summed E-state index contributed by atoms with van der Waals surface area (Å²) >= 11 is 0. The van der Waals surface area contributed by atoms with Crippen molar-refractivity contribution in [3.05, 3.63) is 29.8 Å². The molecule has 172 valence electrons. The van der Waals surface area contributed by atoms with E-state index in [1.54, 1.807) is 0 Å². The number of piperidine rings is 1. The topological polar surface area (TPSA) is 60.9 Å². The molecular weight excluding hydrogens is 431 g/mol. The highest BCUT2D eigenvalue weighted by Crippen LogP contribution is 2.36. The van der Waals surface area contributed by atoms with E-state index in [0.717, 1.165) is 49.0 Å². The van der Waals surface area contributed by atoms with Gasteiger partial charge in [0, 0.05) is 38.1 Å². The second kappa shape index (κ2) is 8.71. The predicted octanol–water partition coefficient (Wildman–Crippen LogP) is 2.80. The van der Waals surface area contributed by atoms with Crippen molar-refractivity contribution >= 4 is 15.9 Å². The second-order valence-corrected chi connectivity index (χ2v) is 10.5. The normalized spacial score (nSPS) is 24.7. The summed E-state index contributed by atoms with van der Waals surface area (Å²) in [5.74, 6) is -0.226. The zero-order chi connectivity index (χ0) is 22.2. The Labute approximate surface area is 181 Å². The average Bonchev–Trinajstić information content (AvgIpc) is 3.44. The van der Waals surface area contributed by atoms with Crippen molar-refractivity contribution < 1.29 is 26.4 Å². The van der Waals surface area contributed by atoms with Crippen LogP contribution < -0.4 is 0 Å². The van der Waals surface area contributed by atoms with Crippen LogP contribution in [0, 0.1) is 5.92 Å². The lowest BCUT2D eigenvalue weighted by atomic mass is 9.96. The van der Waals surface area contributed by atoms with Gasteiger partial charge in [0.05, 0.1) is 10.5 Å². The van der Waals surface area contributed by atoms with Gasteiger partial charge in [0.25, 0.3) is 0 Å². The molecule has 0 spiro atoms. The van der Waals surface area contributed by atoms with Crippen molar-refractivity contribution in [3.63, 3.8) is 0 Å². The molecule has 3 fully saturated rings. The number of amides is 1. The number of carbonyl (C=O) groups excluding carboxylic acids is 1. The molecule has 6 nitrogen and oxygen atoms in total. The molecule has 0 aliphatic carbocycles. The Morgan fingerprint density at radius 2 is 1.58 bits per heavy atom. The lowest BCUT2D eigenvalue weighted by molar-refractivity contribution is -0.140. The van der Waals surface area contributed by atoms with Crippen LogP contribution in [0.25, 0.3) is 0 Å². The van der Waals surface area contributed by atoms with Gasteiger partial charge < -0.3 is 4.90 Å². The van der Waals surface area contributed by atoms with E-state index < -0.39 is 26.7 Å². The molecule has 10 heteroatoms. The molecule has 3 aliphatic rings. The van der Waals surface area contributed by atoms with Crippen LogP contribution in [-0.4, -0.2) is 73.7 Å². The highest BCUT2D eigenvalue weighted by atomic mass is 32.2. The molecule has 0 N–H and O–H groups in total. The fourth-order valence-corrected chi connectivity index (χ4v) is 6.69. The molecule has 0 saturated carbocycles. The molecule has 3 heterocycles. The first-order chi connectivity index (χ1) is 14.7. The van der Waals surface area contributed by atoms with Gasteiger partial charge in [-0.1, -0.05) is 12.1 Å². The van der Waals surface area contributed by atoms with Crippen LogP contribution in [0.1, 0.15) is 37.7 Å². The largest absolute Gasteiger partial charge is 0.417 e. The third-order valence-corrected chi connectivity index (χ3v) is 8.70. The molecule has 1 aromatic carbocycles. The fraction of sp³-hybridized carbons (Fsp3) is 0.667. The summed E-state index contributed by atoms with van der Waals surface area (Å²) in [7, 11) is -4.28. The van der Waals surface area contributed by atoms with Gasteiger partial charge in [0.15, 0.2) is 0 Å². The quantitative estimate of drug-likeness (QED) is 0.695. The third kappa shape index (κ3) is 4.61. The predicted molar refractivity (Wildman–Crippen MR) is 109 cm³/mol. The number of halogens is 3. The Bertz CT molecular complexity index is 908. The van der Waals surface area contributed by atoms with E-state index in [4.69, 9.17) is 0 Å². The summed E-state index contributed by atoms with van der Waals surface area (Å²) in [6, 6.07) is 4.66. The number of benzene rings is 1. The summed E-state index contributed by atoms with van der Waals surface area (Å²) in [6.45, 7) is 3.71. The third-order valence-electron chi connectivity index (χ3n) is 6.75. The standard InChI is InChI=1S/C21H28F3N3O3S/c22-21(23,24)18-5-1-2-6-19(18)31(29,30)27-13-7-16(8-14-27)20(28)26-12-9-17(15-26)25-10-3-4-11-25/h1-2,5-6,16-17H,3-4,7-15H2. The minimum Gasteiger partial charge on any atom is -0.341 e. The number of sulfonamides is 1. The maximum atomic E-state index is 13.3. The molecule has 3 saturated heterocycles. The Kier molecular flexibility index (Phi) is 6.33. The van der Waals surface area contributed by atoms with Gasteiger partial charge in [-0.3, -0.25) is 9.69 Å². The number of likely N-dealkylation sites (tertiary alicyclic amines) is 2. The highest BCUT2D eigenvalue weighted by Gasteiger charge is 2.41. The van der Waals surface area contributed by atoms with Gasteiger partial charge >= 0.3 is 6.18 Å². The van der Waals surface area contributed by atoms with Gasteiger partial charge in [-0.05, 0) is 57.3 Å². The first kappa shape index (κ1) is 22.5. The van der Waals surface area contributed by atoms with E-state index in [1.165, 1.54) is 25.0 Å². The monoisotopic (exact) mass is 459 g/mol. The van der Waals surface area contributed by atoms with Crippen LogP contribution in [-0.2, 0) is 21.0 Å². The molecule has 1 amide bonds. The van der Waals surface area contributed by atoms with Gasteiger partial charge in [-0.15, -0.1) is 0 Å². The fourth-order valence-electron chi connectivity index (χ4n) is 5.01. The number of hydrogen-bond acceptors (Lipinski definition) is 4. The molecule has 1 aromatic rings. The summed E-state index contributed by atoms with van der Waals surface area (Å²) in [5.41, 5.74) is -1.15. The molecular formula is C21H28F3N3O3S. The van der Waals surface area contributed by atoms with E-state index >= 15 is 0 Å². The minimum atomic E-state index is -4.75. The van der Waals surface area contributed by atoms with E-state index in [2.05, 4.69) is 4.90 Å². The first-order valence-corrected chi connectivity index (χ1v) is 12.3. The van der Waals surface area contributed by atoms with Crippen molar-refractivity contribution in [2.45, 2.75) is 49.2 Å². The highest BCUT2D eigenvalue weighted by molar-refractivity contribution is 7.89. The number of rotatable bonds is 4. The van der Waals surface area contributed by atoms with E-state index in [0.29, 0.717) is 18.9 Å². The molecule has 3 aliphatic heterocycles. The molecule has 1 atom stereocenters.